The first-order valence-corrected chi connectivity index (χ1v) is 8.41. The molecule has 0 heterocycles. The Morgan fingerprint density at radius 3 is 2.19 bits per heavy atom. The molecule has 0 amide bonds. The van der Waals surface area contributed by atoms with E-state index >= 15 is 0 Å². The summed E-state index contributed by atoms with van der Waals surface area (Å²) in [6.07, 6.45) is 0.900. The molecule has 0 saturated heterocycles. The molecule has 0 aliphatic heterocycles. The molecule has 2 N–H and O–H groups in total. The van der Waals surface area contributed by atoms with Crippen molar-refractivity contribution in [1.29, 1.82) is 0 Å². The fraction of sp³-hybridized carbons (Fsp3) is 0.625. The number of nitrogens with zero attached hydrogens (tertiary/aromatic N) is 1. The zero-order valence-electron chi connectivity index (χ0n) is 13.1. The van der Waals surface area contributed by atoms with Gasteiger partial charge < -0.3 is 20.1 Å². The van der Waals surface area contributed by atoms with E-state index in [1.807, 2.05) is 13.8 Å². The molecule has 1 aromatic carbocycles. The van der Waals surface area contributed by atoms with E-state index in [0.29, 0.717) is 6.54 Å². The molecule has 21 heavy (non-hydrogen) atoms. The van der Waals surface area contributed by atoms with Gasteiger partial charge >= 0.3 is 0 Å². The summed E-state index contributed by atoms with van der Waals surface area (Å²) in [4.78, 5) is 2.29. The van der Waals surface area contributed by atoms with E-state index in [0.717, 1.165) is 50.4 Å². The van der Waals surface area contributed by atoms with Gasteiger partial charge in [0.05, 0.1) is 18.9 Å². The average molecular weight is 359 g/mol. The van der Waals surface area contributed by atoms with Crippen LogP contribution in [0.4, 0.5) is 5.69 Å². The van der Waals surface area contributed by atoms with Gasteiger partial charge in [-0.2, -0.15) is 0 Å². The second kappa shape index (κ2) is 11.0. The highest BCUT2D eigenvalue weighted by Gasteiger charge is 2.10. The van der Waals surface area contributed by atoms with Gasteiger partial charge in [-0.25, -0.2) is 0 Å². The van der Waals surface area contributed by atoms with Gasteiger partial charge in [0.25, 0.3) is 0 Å². The van der Waals surface area contributed by atoms with Crippen molar-refractivity contribution in [1.82, 2.24) is 0 Å². The predicted molar refractivity (Wildman–Crippen MR) is 92.1 cm³/mol. The second-order valence-electron chi connectivity index (χ2n) is 4.71. The molecule has 5 heteroatoms. The number of hydrogen-bond donors (Lipinski definition) is 1. The van der Waals surface area contributed by atoms with Crippen molar-refractivity contribution in [2.75, 3.05) is 51.0 Å². The number of halogens is 1. The Kier molecular flexibility index (Phi) is 9.67. The van der Waals surface area contributed by atoms with Crippen LogP contribution in [0.1, 0.15) is 19.4 Å². The number of ether oxygens (including phenoxy) is 2. The van der Waals surface area contributed by atoms with E-state index in [9.17, 15) is 0 Å². The third-order valence-corrected chi connectivity index (χ3v) is 3.84. The second-order valence-corrected chi connectivity index (χ2v) is 5.56. The molecule has 0 fully saturated rings. The van der Waals surface area contributed by atoms with Crippen LogP contribution < -0.4 is 10.6 Å². The van der Waals surface area contributed by atoms with Crippen LogP contribution in [0.2, 0.25) is 0 Å². The molecule has 0 saturated carbocycles. The Balaban J connectivity index is 2.74. The van der Waals surface area contributed by atoms with E-state index in [-0.39, 0.29) is 0 Å². The first-order valence-electron chi connectivity index (χ1n) is 7.61. The highest BCUT2D eigenvalue weighted by Crippen LogP contribution is 2.27. The van der Waals surface area contributed by atoms with Crippen LogP contribution in [0.5, 0.6) is 0 Å². The molecule has 0 radical (unpaired) electrons. The van der Waals surface area contributed by atoms with Gasteiger partial charge in [0, 0.05) is 30.8 Å². The first kappa shape index (κ1) is 18.4. The molecule has 0 unspecified atom stereocenters. The van der Waals surface area contributed by atoms with Crippen LogP contribution in [-0.2, 0) is 15.9 Å². The Morgan fingerprint density at radius 2 is 1.71 bits per heavy atom. The highest BCUT2D eigenvalue weighted by molar-refractivity contribution is 9.10. The maximum absolute atomic E-state index is 5.61. The summed E-state index contributed by atoms with van der Waals surface area (Å²) < 4.78 is 12.1. The summed E-state index contributed by atoms with van der Waals surface area (Å²) in [5, 5.41) is 0. The van der Waals surface area contributed by atoms with Crippen molar-refractivity contribution >= 4 is 21.6 Å². The van der Waals surface area contributed by atoms with Gasteiger partial charge in [-0.05, 0) is 60.4 Å². The minimum Gasteiger partial charge on any atom is -0.380 e. The SMILES string of the molecule is CCOCCN(CCOCC)c1ccc(CCN)cc1Br. The lowest BCUT2D eigenvalue weighted by atomic mass is 10.1. The lowest BCUT2D eigenvalue weighted by molar-refractivity contribution is 0.141. The van der Waals surface area contributed by atoms with Crippen molar-refractivity contribution in [3.05, 3.63) is 28.2 Å². The molecule has 0 aliphatic rings. The first-order chi connectivity index (χ1) is 10.2. The summed E-state index contributed by atoms with van der Waals surface area (Å²) in [7, 11) is 0. The Hall–Kier alpha value is -0.620. The number of anilines is 1. The molecule has 1 rings (SSSR count). The van der Waals surface area contributed by atoms with Crippen LogP contribution >= 0.6 is 15.9 Å². The molecular formula is C16H27BrN2O2. The fourth-order valence-corrected chi connectivity index (χ4v) is 2.80. The van der Waals surface area contributed by atoms with Crippen LogP contribution in [0.25, 0.3) is 0 Å². The molecule has 0 bridgehead atoms. The van der Waals surface area contributed by atoms with E-state index in [2.05, 4.69) is 39.0 Å². The molecule has 0 spiro atoms. The Morgan fingerprint density at radius 1 is 1.10 bits per heavy atom. The number of benzene rings is 1. The third kappa shape index (κ3) is 6.78. The highest BCUT2D eigenvalue weighted by atomic mass is 79.9. The maximum Gasteiger partial charge on any atom is 0.0641 e. The van der Waals surface area contributed by atoms with E-state index < -0.39 is 0 Å². The fourth-order valence-electron chi connectivity index (χ4n) is 2.12. The monoisotopic (exact) mass is 358 g/mol. The van der Waals surface area contributed by atoms with Gasteiger partial charge in [0.15, 0.2) is 0 Å². The summed E-state index contributed by atoms with van der Waals surface area (Å²) in [5.74, 6) is 0. The quantitative estimate of drug-likeness (QED) is 0.618. The zero-order valence-corrected chi connectivity index (χ0v) is 14.7. The van der Waals surface area contributed by atoms with Crippen molar-refractivity contribution in [3.63, 3.8) is 0 Å². The van der Waals surface area contributed by atoms with Crippen LogP contribution in [0, 0.1) is 0 Å². The largest absolute Gasteiger partial charge is 0.380 e. The van der Waals surface area contributed by atoms with Gasteiger partial charge in [0.2, 0.25) is 0 Å². The molecule has 120 valence electrons. The summed E-state index contributed by atoms with van der Waals surface area (Å²) in [6, 6.07) is 6.44. The van der Waals surface area contributed by atoms with E-state index in [1.165, 1.54) is 11.3 Å². The smallest absolute Gasteiger partial charge is 0.0641 e. The minimum atomic E-state index is 0.671. The Bertz CT molecular complexity index is 392. The standard InChI is InChI=1S/C16H27BrN2O2/c1-3-20-11-9-19(10-12-21-4-2)16-6-5-14(7-8-18)13-15(16)17/h5-6,13H,3-4,7-12,18H2,1-2H3. The van der Waals surface area contributed by atoms with Crippen molar-refractivity contribution in [2.24, 2.45) is 5.73 Å². The van der Waals surface area contributed by atoms with Gasteiger partial charge in [-0.15, -0.1) is 0 Å². The summed E-state index contributed by atoms with van der Waals surface area (Å²) >= 11 is 3.67. The summed E-state index contributed by atoms with van der Waals surface area (Å²) in [5.41, 5.74) is 8.04. The predicted octanol–water partition coefficient (Wildman–Crippen LogP) is 2.83. The lowest BCUT2D eigenvalue weighted by Crippen LogP contribution is -2.31. The molecular weight excluding hydrogens is 332 g/mol. The summed E-state index contributed by atoms with van der Waals surface area (Å²) in [6.45, 7) is 9.35. The minimum absolute atomic E-state index is 0.671. The van der Waals surface area contributed by atoms with Gasteiger partial charge in [-0.1, -0.05) is 6.07 Å². The molecule has 4 nitrogen and oxygen atoms in total. The van der Waals surface area contributed by atoms with Gasteiger partial charge in [0.1, 0.15) is 0 Å². The molecule has 0 aromatic heterocycles. The van der Waals surface area contributed by atoms with Crippen LogP contribution in [0.15, 0.2) is 22.7 Å². The lowest BCUT2D eigenvalue weighted by Gasteiger charge is -2.26. The van der Waals surface area contributed by atoms with Crippen LogP contribution in [-0.4, -0.2) is 46.1 Å². The van der Waals surface area contributed by atoms with Crippen molar-refractivity contribution in [2.45, 2.75) is 20.3 Å². The van der Waals surface area contributed by atoms with Crippen molar-refractivity contribution < 1.29 is 9.47 Å². The Labute approximate surface area is 136 Å². The van der Waals surface area contributed by atoms with Crippen molar-refractivity contribution in [3.8, 4) is 0 Å². The molecule has 0 atom stereocenters. The van der Waals surface area contributed by atoms with Gasteiger partial charge in [-0.3, -0.25) is 0 Å². The number of nitrogens with two attached hydrogens (primary N) is 1. The molecule has 0 aliphatic carbocycles. The normalized spacial score (nSPS) is 10.9. The third-order valence-electron chi connectivity index (χ3n) is 3.21. The van der Waals surface area contributed by atoms with Crippen LogP contribution in [0.3, 0.4) is 0 Å². The zero-order chi connectivity index (χ0) is 15.5. The molecule has 1 aromatic rings. The van der Waals surface area contributed by atoms with E-state index in [1.54, 1.807) is 0 Å². The van der Waals surface area contributed by atoms with E-state index in [4.69, 9.17) is 15.2 Å². The topological polar surface area (TPSA) is 47.7 Å². The maximum atomic E-state index is 5.61. The number of hydrogen-bond acceptors (Lipinski definition) is 4. The number of rotatable bonds is 11. The average Bonchev–Trinajstić information content (AvgIpc) is 2.47.